The number of ether oxygens (including phenoxy) is 2. The highest BCUT2D eigenvalue weighted by atomic mass is 28.4. The molecule has 0 amide bonds. The molecule has 0 aromatic carbocycles. The third kappa shape index (κ3) is 4.01. The Labute approximate surface area is 79.7 Å². The molecule has 5 heteroatoms. The van der Waals surface area contributed by atoms with Crippen molar-refractivity contribution in [3.05, 3.63) is 12.3 Å². The van der Waals surface area contributed by atoms with Gasteiger partial charge < -0.3 is 18.3 Å². The van der Waals surface area contributed by atoms with Crippen LogP contribution in [0.25, 0.3) is 0 Å². The van der Waals surface area contributed by atoms with Gasteiger partial charge in [0, 0.05) is 7.11 Å². The molecule has 4 nitrogen and oxygen atoms in total. The van der Waals surface area contributed by atoms with E-state index in [4.69, 9.17) is 18.3 Å². The van der Waals surface area contributed by atoms with E-state index in [1.807, 2.05) is 6.55 Å². The average Bonchev–Trinajstić information content (AvgIpc) is 2.96. The molecular weight excluding hydrogens is 188 g/mol. The summed E-state index contributed by atoms with van der Waals surface area (Å²) in [5.41, 5.74) is 1.73. The lowest BCUT2D eigenvalue weighted by molar-refractivity contribution is -0.00909. The normalized spacial score (nSPS) is 25.2. The lowest BCUT2D eigenvalue weighted by atomic mass is 10.5. The van der Waals surface area contributed by atoms with E-state index in [0.29, 0.717) is 6.61 Å². The van der Waals surface area contributed by atoms with Crippen LogP contribution in [0.15, 0.2) is 12.3 Å². The second kappa shape index (κ2) is 4.87. The Morgan fingerprint density at radius 3 is 2.85 bits per heavy atom. The van der Waals surface area contributed by atoms with Gasteiger partial charge in [-0.05, 0) is 12.2 Å². The van der Waals surface area contributed by atoms with Crippen LogP contribution in [0.2, 0.25) is 6.55 Å². The third-order valence-electron chi connectivity index (χ3n) is 1.91. The smallest absolute Gasteiger partial charge is 0.362 e. The zero-order valence-electron chi connectivity index (χ0n) is 8.12. The number of epoxide rings is 1. The van der Waals surface area contributed by atoms with Crippen molar-refractivity contribution in [1.29, 1.82) is 0 Å². The quantitative estimate of drug-likeness (QED) is 0.266. The van der Waals surface area contributed by atoms with Gasteiger partial charge in [-0.1, -0.05) is 0 Å². The van der Waals surface area contributed by atoms with Crippen molar-refractivity contribution in [2.75, 3.05) is 27.1 Å². The molecule has 0 aromatic rings. The largest absolute Gasteiger partial charge is 0.395 e. The topological polar surface area (TPSA) is 40.2 Å². The summed E-state index contributed by atoms with van der Waals surface area (Å²) in [6.45, 7) is 7.24. The van der Waals surface area contributed by atoms with Crippen LogP contribution in [0.3, 0.4) is 0 Å². The maximum atomic E-state index is 5.43. The molecule has 0 aromatic heterocycles. The van der Waals surface area contributed by atoms with E-state index >= 15 is 0 Å². The highest BCUT2D eigenvalue weighted by Crippen LogP contribution is 2.10. The average molecular weight is 204 g/mol. The van der Waals surface area contributed by atoms with Crippen molar-refractivity contribution in [3.8, 4) is 0 Å². The number of hydrogen-bond acceptors (Lipinski definition) is 4. The molecule has 1 fully saturated rings. The first-order valence-electron chi connectivity index (χ1n) is 4.22. The fraction of sp³-hybridized carbons (Fsp3) is 0.750. The summed E-state index contributed by atoms with van der Waals surface area (Å²) in [7, 11) is -0.528. The van der Waals surface area contributed by atoms with Gasteiger partial charge in [-0.3, -0.25) is 0 Å². The van der Waals surface area contributed by atoms with E-state index in [2.05, 4.69) is 6.58 Å². The Balaban J connectivity index is 2.04. The molecule has 1 saturated heterocycles. The van der Waals surface area contributed by atoms with Crippen molar-refractivity contribution in [2.45, 2.75) is 12.7 Å². The zero-order valence-corrected chi connectivity index (χ0v) is 9.12. The first-order valence-corrected chi connectivity index (χ1v) is 6.61. The molecule has 1 aliphatic rings. The Morgan fingerprint density at radius 1 is 1.69 bits per heavy atom. The van der Waals surface area contributed by atoms with Crippen molar-refractivity contribution in [2.24, 2.45) is 0 Å². The molecule has 0 saturated carbocycles. The van der Waals surface area contributed by atoms with Gasteiger partial charge in [0.15, 0.2) is 0 Å². The van der Waals surface area contributed by atoms with Gasteiger partial charge in [-0.2, -0.15) is 0 Å². The molecule has 76 valence electrons. The highest BCUT2D eigenvalue weighted by molar-refractivity contribution is 6.71. The van der Waals surface area contributed by atoms with Crippen LogP contribution in [0, 0.1) is 0 Å². The summed E-state index contributed by atoms with van der Waals surface area (Å²) in [6, 6.07) is 0. The van der Waals surface area contributed by atoms with Gasteiger partial charge in [-0.25, -0.2) is 0 Å². The van der Waals surface area contributed by atoms with E-state index in [1.165, 1.54) is 0 Å². The first kappa shape index (κ1) is 10.9. The maximum absolute atomic E-state index is 5.43. The lowest BCUT2D eigenvalue weighted by Crippen LogP contribution is -2.36. The van der Waals surface area contributed by atoms with Gasteiger partial charge in [-0.15, -0.1) is 6.58 Å². The van der Waals surface area contributed by atoms with E-state index < -0.39 is 8.56 Å². The molecule has 2 unspecified atom stereocenters. The van der Waals surface area contributed by atoms with E-state index in [9.17, 15) is 0 Å². The fourth-order valence-corrected chi connectivity index (χ4v) is 1.42. The minimum Gasteiger partial charge on any atom is -0.395 e. The molecule has 1 rings (SSSR count). The molecule has 0 spiro atoms. The standard InChI is InChI=1S/C8H16O4Si/c1-4-13(3,9-2)12-7-10-5-8-6-11-8/h4,8H,1,5-7H2,2-3H3. The summed E-state index contributed by atoms with van der Waals surface area (Å²) in [4.78, 5) is 0. The predicted molar refractivity (Wildman–Crippen MR) is 50.5 cm³/mol. The Morgan fingerprint density at radius 2 is 2.38 bits per heavy atom. The predicted octanol–water partition coefficient (Wildman–Crippen LogP) is 0.819. The van der Waals surface area contributed by atoms with Crippen LogP contribution in [0.5, 0.6) is 0 Å². The summed E-state index contributed by atoms with van der Waals surface area (Å²) < 4.78 is 20.8. The molecular formula is C8H16O4Si. The first-order chi connectivity index (χ1) is 6.20. The monoisotopic (exact) mass is 204 g/mol. The molecule has 13 heavy (non-hydrogen) atoms. The maximum Gasteiger partial charge on any atom is 0.362 e. The van der Waals surface area contributed by atoms with Crippen LogP contribution >= 0.6 is 0 Å². The fourth-order valence-electron chi connectivity index (χ4n) is 0.704. The van der Waals surface area contributed by atoms with Crippen LogP contribution in [0.1, 0.15) is 0 Å². The lowest BCUT2D eigenvalue weighted by Gasteiger charge is -2.20. The van der Waals surface area contributed by atoms with E-state index in [0.717, 1.165) is 6.61 Å². The highest BCUT2D eigenvalue weighted by Gasteiger charge is 2.27. The van der Waals surface area contributed by atoms with Crippen LogP contribution in [0.4, 0.5) is 0 Å². The van der Waals surface area contributed by atoms with Crippen LogP contribution < -0.4 is 0 Å². The summed E-state index contributed by atoms with van der Waals surface area (Å²) in [5, 5.41) is 0. The minimum absolute atomic E-state index is 0.252. The Bertz CT molecular complexity index is 172. The van der Waals surface area contributed by atoms with Gasteiger partial charge in [0.25, 0.3) is 0 Å². The second-order valence-electron chi connectivity index (χ2n) is 3.01. The van der Waals surface area contributed by atoms with E-state index in [1.54, 1.807) is 12.8 Å². The molecule has 1 aliphatic heterocycles. The second-order valence-corrected chi connectivity index (χ2v) is 6.15. The Kier molecular flexibility index (Phi) is 4.08. The molecule has 1 heterocycles. The van der Waals surface area contributed by atoms with Crippen molar-refractivity contribution in [3.63, 3.8) is 0 Å². The molecule has 0 N–H and O–H groups in total. The van der Waals surface area contributed by atoms with Gasteiger partial charge >= 0.3 is 8.56 Å². The minimum atomic E-state index is -2.15. The zero-order chi connectivity index (χ0) is 9.73. The molecule has 0 radical (unpaired) electrons. The molecule has 2 atom stereocenters. The SMILES string of the molecule is C=C[Si](C)(OC)OCOCC1CO1. The van der Waals surface area contributed by atoms with Crippen molar-refractivity contribution < 1.29 is 18.3 Å². The molecule has 0 aliphatic carbocycles. The van der Waals surface area contributed by atoms with Crippen LogP contribution in [-0.2, 0) is 18.3 Å². The Hall–Kier alpha value is -0.203. The van der Waals surface area contributed by atoms with Gasteiger partial charge in [0.1, 0.15) is 12.9 Å². The summed E-state index contributed by atoms with van der Waals surface area (Å²) in [5.74, 6) is 0. The summed E-state index contributed by atoms with van der Waals surface area (Å²) in [6.07, 6.45) is 0.280. The van der Waals surface area contributed by atoms with Crippen molar-refractivity contribution >= 4 is 8.56 Å². The third-order valence-corrected chi connectivity index (χ3v) is 4.15. The van der Waals surface area contributed by atoms with Gasteiger partial charge in [0.05, 0.1) is 13.2 Å². The van der Waals surface area contributed by atoms with Crippen molar-refractivity contribution in [1.82, 2.24) is 0 Å². The van der Waals surface area contributed by atoms with Crippen LogP contribution in [-0.4, -0.2) is 41.8 Å². The number of rotatable bonds is 7. The number of hydrogen-bond donors (Lipinski definition) is 0. The van der Waals surface area contributed by atoms with Gasteiger partial charge in [0.2, 0.25) is 0 Å². The van der Waals surface area contributed by atoms with E-state index in [-0.39, 0.29) is 12.9 Å². The summed E-state index contributed by atoms with van der Waals surface area (Å²) >= 11 is 0. The molecule has 0 bridgehead atoms.